The number of thioether (sulfide) groups is 1. The Hall–Kier alpha value is -0.780. The molecule has 0 aliphatic carbocycles. The summed E-state index contributed by atoms with van der Waals surface area (Å²) in [5.41, 5.74) is 6.41. The summed E-state index contributed by atoms with van der Waals surface area (Å²) in [7, 11) is 0. The molecule has 1 aromatic carbocycles. The zero-order chi connectivity index (χ0) is 10.4. The minimum atomic E-state index is 0.749. The van der Waals surface area contributed by atoms with E-state index >= 15 is 0 Å². The minimum Gasteiger partial charge on any atom is -0.399 e. The Morgan fingerprint density at radius 3 is 3.00 bits per heavy atom. The lowest BCUT2D eigenvalue weighted by Gasteiger charge is -2.03. The van der Waals surface area contributed by atoms with Crippen LogP contribution in [-0.2, 0) is 0 Å². The average molecular weight is 226 g/mol. The van der Waals surface area contributed by atoms with Gasteiger partial charge in [0, 0.05) is 22.8 Å². The summed E-state index contributed by atoms with van der Waals surface area (Å²) in [4.78, 5) is 1.03. The second-order valence-corrected chi connectivity index (χ2v) is 4.26. The summed E-state index contributed by atoms with van der Waals surface area (Å²) in [6, 6.07) is 5.52. The number of benzene rings is 1. The van der Waals surface area contributed by atoms with Gasteiger partial charge in [0.1, 0.15) is 0 Å². The van der Waals surface area contributed by atoms with E-state index in [0.717, 1.165) is 27.8 Å². The van der Waals surface area contributed by atoms with Crippen molar-refractivity contribution in [1.82, 2.24) is 0 Å². The second kappa shape index (κ2) is 5.85. The number of anilines is 1. The summed E-state index contributed by atoms with van der Waals surface area (Å²) < 4.78 is 0. The zero-order valence-corrected chi connectivity index (χ0v) is 9.58. The Kier molecular flexibility index (Phi) is 4.72. The molecule has 0 radical (unpaired) electrons. The van der Waals surface area contributed by atoms with Gasteiger partial charge in [-0.3, -0.25) is 0 Å². The summed E-state index contributed by atoms with van der Waals surface area (Å²) in [6.07, 6.45) is 0.881. The van der Waals surface area contributed by atoms with Gasteiger partial charge in [0.2, 0.25) is 0 Å². The van der Waals surface area contributed by atoms with Crippen LogP contribution in [0.2, 0.25) is 5.02 Å². The summed E-state index contributed by atoms with van der Waals surface area (Å²) >= 11 is 7.68. The molecule has 0 atom stereocenters. The van der Waals surface area contributed by atoms with Crippen LogP contribution in [0.25, 0.3) is 0 Å². The van der Waals surface area contributed by atoms with Crippen LogP contribution in [-0.4, -0.2) is 5.75 Å². The molecule has 14 heavy (non-hydrogen) atoms. The van der Waals surface area contributed by atoms with Crippen molar-refractivity contribution in [2.75, 3.05) is 11.5 Å². The molecular weight excluding hydrogens is 214 g/mol. The normalized spacial score (nSPS) is 9.29. The van der Waals surface area contributed by atoms with Crippen molar-refractivity contribution in [2.24, 2.45) is 0 Å². The first-order valence-corrected chi connectivity index (χ1v) is 5.68. The largest absolute Gasteiger partial charge is 0.399 e. The van der Waals surface area contributed by atoms with E-state index in [9.17, 15) is 0 Å². The fraction of sp³-hybridized carbons (Fsp3) is 0.273. The Labute approximate surface area is 94.0 Å². The molecule has 2 N–H and O–H groups in total. The van der Waals surface area contributed by atoms with E-state index in [0.29, 0.717) is 0 Å². The molecule has 0 bridgehead atoms. The third-order valence-electron chi connectivity index (χ3n) is 1.62. The zero-order valence-electron chi connectivity index (χ0n) is 8.01. The molecule has 0 saturated heterocycles. The van der Waals surface area contributed by atoms with Crippen molar-refractivity contribution in [3.63, 3.8) is 0 Å². The highest BCUT2D eigenvalue weighted by atomic mass is 35.5. The molecule has 0 saturated carbocycles. The first kappa shape index (κ1) is 11.3. The molecule has 1 nitrogen and oxygen atoms in total. The quantitative estimate of drug-likeness (QED) is 0.369. The highest BCUT2D eigenvalue weighted by Crippen LogP contribution is 2.29. The monoisotopic (exact) mass is 225 g/mol. The first-order valence-electron chi connectivity index (χ1n) is 4.31. The molecule has 74 valence electrons. The van der Waals surface area contributed by atoms with Crippen LogP contribution in [0, 0.1) is 11.8 Å². The highest BCUT2D eigenvalue weighted by Gasteiger charge is 2.00. The first-order chi connectivity index (χ1) is 6.74. The third-order valence-corrected chi connectivity index (χ3v) is 3.12. The highest BCUT2D eigenvalue weighted by molar-refractivity contribution is 7.99. The van der Waals surface area contributed by atoms with E-state index in [-0.39, 0.29) is 0 Å². The molecule has 1 rings (SSSR count). The maximum Gasteiger partial charge on any atom is 0.0543 e. The second-order valence-electron chi connectivity index (χ2n) is 2.72. The molecular formula is C11H12ClNS. The van der Waals surface area contributed by atoms with Gasteiger partial charge in [-0.2, -0.15) is 0 Å². The van der Waals surface area contributed by atoms with Gasteiger partial charge in [0.25, 0.3) is 0 Å². The van der Waals surface area contributed by atoms with Crippen LogP contribution in [0.5, 0.6) is 0 Å². The van der Waals surface area contributed by atoms with Gasteiger partial charge in [0.15, 0.2) is 0 Å². The van der Waals surface area contributed by atoms with E-state index in [1.807, 2.05) is 19.1 Å². The number of nitrogens with two attached hydrogens (primary N) is 1. The Morgan fingerprint density at radius 1 is 1.50 bits per heavy atom. The Balaban J connectivity index is 2.56. The molecule has 1 aromatic rings. The van der Waals surface area contributed by atoms with Gasteiger partial charge in [-0.25, -0.2) is 0 Å². The Bertz CT molecular complexity index is 365. The molecule has 0 heterocycles. The lowest BCUT2D eigenvalue weighted by Crippen LogP contribution is -1.86. The summed E-state index contributed by atoms with van der Waals surface area (Å²) in [5, 5.41) is 0.758. The van der Waals surface area contributed by atoms with Crippen LogP contribution in [0.15, 0.2) is 23.1 Å². The standard InChI is InChI=1S/C11H12ClNS/c1-2-3-4-7-14-11-8-9(13)5-6-10(11)12/h5-6,8H,4,7,13H2,1H3. The van der Waals surface area contributed by atoms with E-state index in [1.54, 1.807) is 17.8 Å². The third kappa shape index (κ3) is 3.53. The van der Waals surface area contributed by atoms with Gasteiger partial charge in [-0.1, -0.05) is 11.6 Å². The maximum atomic E-state index is 6.00. The van der Waals surface area contributed by atoms with E-state index in [1.165, 1.54) is 0 Å². The number of rotatable bonds is 3. The number of nitrogen functional groups attached to an aromatic ring is 1. The van der Waals surface area contributed by atoms with Crippen LogP contribution < -0.4 is 5.73 Å². The molecule has 0 fully saturated rings. The van der Waals surface area contributed by atoms with Crippen molar-refractivity contribution in [1.29, 1.82) is 0 Å². The van der Waals surface area contributed by atoms with Gasteiger partial charge >= 0.3 is 0 Å². The van der Waals surface area contributed by atoms with Crippen LogP contribution in [0.1, 0.15) is 13.3 Å². The molecule has 0 amide bonds. The van der Waals surface area contributed by atoms with Gasteiger partial charge < -0.3 is 5.73 Å². The molecule has 0 aromatic heterocycles. The van der Waals surface area contributed by atoms with Crippen LogP contribution in [0.4, 0.5) is 5.69 Å². The maximum absolute atomic E-state index is 6.00. The smallest absolute Gasteiger partial charge is 0.0543 e. The van der Waals surface area contributed by atoms with Crippen molar-refractivity contribution < 1.29 is 0 Å². The fourth-order valence-electron chi connectivity index (χ4n) is 0.968. The van der Waals surface area contributed by atoms with E-state index < -0.39 is 0 Å². The molecule has 0 aliphatic rings. The van der Waals surface area contributed by atoms with Crippen molar-refractivity contribution in [2.45, 2.75) is 18.2 Å². The molecule has 3 heteroatoms. The fourth-order valence-corrected chi connectivity index (χ4v) is 2.10. The van der Waals surface area contributed by atoms with Gasteiger partial charge in [-0.15, -0.1) is 23.6 Å². The topological polar surface area (TPSA) is 26.0 Å². The molecule has 0 spiro atoms. The Morgan fingerprint density at radius 2 is 2.29 bits per heavy atom. The molecule has 0 aliphatic heterocycles. The van der Waals surface area contributed by atoms with Gasteiger partial charge in [0.05, 0.1) is 5.02 Å². The average Bonchev–Trinajstić information content (AvgIpc) is 2.18. The summed E-state index contributed by atoms with van der Waals surface area (Å²) in [6.45, 7) is 1.85. The van der Waals surface area contributed by atoms with Crippen molar-refractivity contribution >= 4 is 29.1 Å². The molecule has 0 unspecified atom stereocenters. The summed E-state index contributed by atoms with van der Waals surface area (Å²) in [5.74, 6) is 6.81. The number of halogens is 1. The van der Waals surface area contributed by atoms with E-state index in [2.05, 4.69) is 11.8 Å². The van der Waals surface area contributed by atoms with Crippen LogP contribution in [0.3, 0.4) is 0 Å². The number of hydrogen-bond donors (Lipinski definition) is 1. The predicted octanol–water partition coefficient (Wildman–Crippen LogP) is 3.43. The van der Waals surface area contributed by atoms with Gasteiger partial charge in [-0.05, 0) is 25.1 Å². The van der Waals surface area contributed by atoms with Crippen LogP contribution >= 0.6 is 23.4 Å². The SMILES string of the molecule is CC#CCCSc1cc(N)ccc1Cl. The minimum absolute atomic E-state index is 0.749. The lowest BCUT2D eigenvalue weighted by atomic mass is 10.3. The number of hydrogen-bond acceptors (Lipinski definition) is 2. The predicted molar refractivity (Wildman–Crippen MR) is 64.7 cm³/mol. The van der Waals surface area contributed by atoms with Crippen molar-refractivity contribution in [3.05, 3.63) is 23.2 Å². The van der Waals surface area contributed by atoms with Crippen molar-refractivity contribution in [3.8, 4) is 11.8 Å². The lowest BCUT2D eigenvalue weighted by molar-refractivity contribution is 1.29. The van der Waals surface area contributed by atoms with E-state index in [4.69, 9.17) is 17.3 Å².